The van der Waals surface area contributed by atoms with Crippen LogP contribution in [-0.4, -0.2) is 28.5 Å². The number of aromatic nitrogens is 1. The van der Waals surface area contributed by atoms with Crippen LogP contribution in [0.25, 0.3) is 0 Å². The van der Waals surface area contributed by atoms with Gasteiger partial charge in [0.1, 0.15) is 0 Å². The molecule has 2 aliphatic heterocycles. The summed E-state index contributed by atoms with van der Waals surface area (Å²) in [6.45, 7) is 8.70. The standard InChI is InChI=1S/C24H30N2O2/c1-16-7-17(2)9-19(8-16)10-18(3)11-24(28)25-13-20-12-21(15-25)22-5-4-6-23(27)26(22)14-20/h4-9,18,20-21H,10-15H2,1-3H3/t18-,20+,21-/m1/s1. The summed E-state index contributed by atoms with van der Waals surface area (Å²) in [6, 6.07) is 12.2. The third-order valence-electron chi connectivity index (χ3n) is 6.22. The summed E-state index contributed by atoms with van der Waals surface area (Å²) in [7, 11) is 0. The van der Waals surface area contributed by atoms with Crippen LogP contribution in [0.1, 0.15) is 48.1 Å². The van der Waals surface area contributed by atoms with Crippen molar-refractivity contribution in [2.45, 2.75) is 52.5 Å². The Balaban J connectivity index is 1.41. The van der Waals surface area contributed by atoms with E-state index in [1.165, 1.54) is 16.7 Å². The fourth-order valence-electron chi connectivity index (χ4n) is 5.19. The van der Waals surface area contributed by atoms with Crippen molar-refractivity contribution in [3.8, 4) is 0 Å². The van der Waals surface area contributed by atoms with Crippen LogP contribution in [0.5, 0.6) is 0 Å². The first-order valence-electron chi connectivity index (χ1n) is 10.4. The molecule has 0 radical (unpaired) electrons. The molecule has 4 heteroatoms. The number of piperidine rings is 1. The molecule has 0 N–H and O–H groups in total. The Bertz CT molecular complexity index is 926. The molecular weight excluding hydrogens is 348 g/mol. The van der Waals surface area contributed by atoms with E-state index in [0.29, 0.717) is 24.2 Å². The molecule has 4 nitrogen and oxygen atoms in total. The lowest BCUT2D eigenvalue weighted by atomic mass is 9.83. The first kappa shape index (κ1) is 19.0. The van der Waals surface area contributed by atoms with Crippen LogP contribution in [0.4, 0.5) is 0 Å². The van der Waals surface area contributed by atoms with Crippen LogP contribution in [0.2, 0.25) is 0 Å². The maximum absolute atomic E-state index is 13.0. The van der Waals surface area contributed by atoms with Crippen molar-refractivity contribution in [3.05, 3.63) is 69.1 Å². The Kier molecular flexibility index (Phi) is 5.13. The summed E-state index contributed by atoms with van der Waals surface area (Å²) in [5, 5.41) is 0. The number of benzene rings is 1. The molecule has 28 heavy (non-hydrogen) atoms. The van der Waals surface area contributed by atoms with Crippen molar-refractivity contribution in [3.63, 3.8) is 0 Å². The molecule has 0 saturated carbocycles. The number of hydrogen-bond donors (Lipinski definition) is 0. The molecule has 2 aromatic rings. The smallest absolute Gasteiger partial charge is 0.250 e. The Morgan fingerprint density at radius 3 is 2.61 bits per heavy atom. The third-order valence-corrected chi connectivity index (χ3v) is 6.22. The highest BCUT2D eigenvalue weighted by molar-refractivity contribution is 5.76. The Morgan fingerprint density at radius 1 is 1.11 bits per heavy atom. The van der Waals surface area contributed by atoms with E-state index in [9.17, 15) is 9.59 Å². The number of nitrogens with zero attached hydrogens (tertiary/aromatic N) is 2. The molecule has 1 aromatic carbocycles. The number of amides is 1. The van der Waals surface area contributed by atoms with E-state index in [1.54, 1.807) is 6.07 Å². The van der Waals surface area contributed by atoms with Crippen LogP contribution < -0.4 is 5.56 Å². The van der Waals surface area contributed by atoms with E-state index in [2.05, 4.69) is 49.9 Å². The van der Waals surface area contributed by atoms with E-state index >= 15 is 0 Å². The fraction of sp³-hybridized carbons (Fsp3) is 0.500. The van der Waals surface area contributed by atoms with Gasteiger partial charge in [-0.15, -0.1) is 0 Å². The normalized spacial score (nSPS) is 21.9. The quantitative estimate of drug-likeness (QED) is 0.814. The zero-order chi connectivity index (χ0) is 19.8. The largest absolute Gasteiger partial charge is 0.342 e. The average Bonchev–Trinajstić information content (AvgIpc) is 2.61. The van der Waals surface area contributed by atoms with Gasteiger partial charge in [-0.2, -0.15) is 0 Å². The molecule has 0 aliphatic carbocycles. The lowest BCUT2D eigenvalue weighted by Gasteiger charge is -2.43. The Hall–Kier alpha value is -2.36. The van der Waals surface area contributed by atoms with Crippen molar-refractivity contribution < 1.29 is 4.79 Å². The highest BCUT2D eigenvalue weighted by Crippen LogP contribution is 2.35. The van der Waals surface area contributed by atoms with Gasteiger partial charge in [-0.1, -0.05) is 42.3 Å². The second-order valence-corrected chi connectivity index (χ2v) is 9.01. The van der Waals surface area contributed by atoms with E-state index in [-0.39, 0.29) is 11.5 Å². The van der Waals surface area contributed by atoms with E-state index in [4.69, 9.17) is 0 Å². The van der Waals surface area contributed by atoms with Gasteiger partial charge in [0.2, 0.25) is 5.91 Å². The number of rotatable bonds is 4. The van der Waals surface area contributed by atoms with Crippen LogP contribution in [0, 0.1) is 25.7 Å². The lowest BCUT2D eigenvalue weighted by Crippen LogP contribution is -2.49. The zero-order valence-corrected chi connectivity index (χ0v) is 17.1. The highest BCUT2D eigenvalue weighted by Gasteiger charge is 2.36. The van der Waals surface area contributed by atoms with Crippen LogP contribution in [0.15, 0.2) is 41.2 Å². The SMILES string of the molecule is Cc1cc(C)cc(C[C@@H](C)CC(=O)N2C[C@@H]3C[C@H](C2)c2cccc(=O)n2C3)c1. The lowest BCUT2D eigenvalue weighted by molar-refractivity contribution is -0.134. The summed E-state index contributed by atoms with van der Waals surface area (Å²) >= 11 is 0. The van der Waals surface area contributed by atoms with E-state index in [0.717, 1.165) is 38.2 Å². The van der Waals surface area contributed by atoms with Crippen molar-refractivity contribution in [1.29, 1.82) is 0 Å². The van der Waals surface area contributed by atoms with Crippen LogP contribution in [-0.2, 0) is 17.8 Å². The molecule has 148 valence electrons. The second-order valence-electron chi connectivity index (χ2n) is 9.01. The van der Waals surface area contributed by atoms with E-state index < -0.39 is 0 Å². The van der Waals surface area contributed by atoms with Gasteiger partial charge in [-0.05, 0) is 50.2 Å². The number of carbonyl (C=O) groups is 1. The van der Waals surface area contributed by atoms with Gasteiger partial charge in [-0.3, -0.25) is 9.59 Å². The van der Waals surface area contributed by atoms with Gasteiger partial charge in [0.15, 0.2) is 0 Å². The molecule has 1 amide bonds. The second kappa shape index (κ2) is 7.57. The van der Waals surface area contributed by atoms with Gasteiger partial charge in [0, 0.05) is 43.7 Å². The maximum atomic E-state index is 13.0. The van der Waals surface area contributed by atoms with Gasteiger partial charge in [0.25, 0.3) is 5.56 Å². The molecule has 0 unspecified atom stereocenters. The minimum absolute atomic E-state index is 0.0917. The molecule has 3 atom stereocenters. The molecule has 1 saturated heterocycles. The molecule has 1 aromatic heterocycles. The highest BCUT2D eigenvalue weighted by atomic mass is 16.2. The van der Waals surface area contributed by atoms with Crippen molar-refractivity contribution in [2.75, 3.05) is 13.1 Å². The first-order chi connectivity index (χ1) is 13.4. The minimum atomic E-state index is 0.0917. The Labute approximate surface area is 167 Å². The average molecular weight is 379 g/mol. The zero-order valence-electron chi connectivity index (χ0n) is 17.1. The minimum Gasteiger partial charge on any atom is -0.342 e. The van der Waals surface area contributed by atoms with Crippen molar-refractivity contribution >= 4 is 5.91 Å². The summed E-state index contributed by atoms with van der Waals surface area (Å²) in [4.78, 5) is 27.2. The summed E-state index contributed by atoms with van der Waals surface area (Å²) < 4.78 is 1.92. The van der Waals surface area contributed by atoms with Crippen LogP contribution in [0.3, 0.4) is 0 Å². The monoisotopic (exact) mass is 378 g/mol. The predicted molar refractivity (Wildman–Crippen MR) is 112 cm³/mol. The maximum Gasteiger partial charge on any atom is 0.250 e. The fourth-order valence-corrected chi connectivity index (χ4v) is 5.19. The first-order valence-corrected chi connectivity index (χ1v) is 10.4. The van der Waals surface area contributed by atoms with Gasteiger partial charge in [-0.25, -0.2) is 0 Å². The van der Waals surface area contributed by atoms with Crippen LogP contribution >= 0.6 is 0 Å². The third kappa shape index (κ3) is 3.91. The molecule has 0 spiro atoms. The molecule has 2 bridgehead atoms. The molecule has 3 heterocycles. The number of hydrogen-bond acceptors (Lipinski definition) is 2. The number of aryl methyl sites for hydroxylation is 2. The molecule has 2 aliphatic rings. The van der Waals surface area contributed by atoms with Gasteiger partial charge >= 0.3 is 0 Å². The molecular formula is C24H30N2O2. The predicted octanol–water partition coefficient (Wildman–Crippen LogP) is 3.68. The summed E-state index contributed by atoms with van der Waals surface area (Å²) in [6.07, 6.45) is 2.62. The topological polar surface area (TPSA) is 42.3 Å². The molecule has 4 rings (SSSR count). The molecule has 1 fully saturated rings. The number of likely N-dealkylation sites (tertiary alicyclic amines) is 1. The van der Waals surface area contributed by atoms with E-state index in [1.807, 2.05) is 10.6 Å². The van der Waals surface area contributed by atoms with Crippen molar-refractivity contribution in [2.24, 2.45) is 11.8 Å². The number of carbonyl (C=O) groups excluding carboxylic acids is 1. The van der Waals surface area contributed by atoms with Gasteiger partial charge in [0.05, 0.1) is 0 Å². The Morgan fingerprint density at radius 2 is 1.86 bits per heavy atom. The summed E-state index contributed by atoms with van der Waals surface area (Å²) in [5.41, 5.74) is 5.08. The van der Waals surface area contributed by atoms with Crippen molar-refractivity contribution in [1.82, 2.24) is 9.47 Å². The summed E-state index contributed by atoms with van der Waals surface area (Å²) in [5.74, 6) is 1.27. The number of pyridine rings is 1. The van der Waals surface area contributed by atoms with Gasteiger partial charge < -0.3 is 9.47 Å². The number of fused-ring (bicyclic) bond motifs is 4.